The second-order valence-corrected chi connectivity index (χ2v) is 6.76. The third-order valence-electron chi connectivity index (χ3n) is 4.05. The quantitative estimate of drug-likeness (QED) is 0.474. The van der Waals surface area contributed by atoms with Gasteiger partial charge in [0.25, 0.3) is 0 Å². The molecule has 0 spiro atoms. The van der Waals surface area contributed by atoms with E-state index in [0.29, 0.717) is 16.7 Å². The number of hydrogen-bond acceptors (Lipinski definition) is 2. The highest BCUT2D eigenvalue weighted by Crippen LogP contribution is 2.27. The minimum Gasteiger partial charge on any atom is -0.299 e. The van der Waals surface area contributed by atoms with Crippen LogP contribution >= 0.6 is 0 Å². The number of pyridine rings is 2. The first-order valence-electron chi connectivity index (χ1n) is 7.42. The molecule has 0 fully saturated rings. The first-order valence-corrected chi connectivity index (χ1v) is 7.42. The van der Waals surface area contributed by atoms with E-state index in [0.717, 1.165) is 22.7 Å². The molecule has 5 heteroatoms. The van der Waals surface area contributed by atoms with Crippen LogP contribution in [-0.4, -0.2) is 14.4 Å². The molecule has 0 saturated heterocycles. The monoisotopic (exact) mass is 311 g/mol. The van der Waals surface area contributed by atoms with Crippen LogP contribution in [-0.2, 0) is 5.41 Å². The molecule has 1 aromatic carbocycles. The molecule has 0 aliphatic heterocycles. The van der Waals surface area contributed by atoms with E-state index in [1.54, 1.807) is 10.6 Å². The second kappa shape index (κ2) is 4.47. The van der Waals surface area contributed by atoms with Gasteiger partial charge in [0.1, 0.15) is 5.65 Å². The molecule has 0 saturated carbocycles. The fourth-order valence-electron chi connectivity index (χ4n) is 2.79. The number of rotatable bonds is 0. The summed E-state index contributed by atoms with van der Waals surface area (Å²) in [5.41, 5.74) is 3.38. The molecular weight excluding hydrogens is 296 g/mol. The summed E-state index contributed by atoms with van der Waals surface area (Å²) in [6, 6.07) is 8.12. The van der Waals surface area contributed by atoms with Crippen LogP contribution in [0.5, 0.6) is 0 Å². The molecule has 0 aliphatic carbocycles. The molecule has 3 heterocycles. The molecule has 0 bridgehead atoms. The van der Waals surface area contributed by atoms with Gasteiger partial charge in [0, 0.05) is 34.8 Å². The lowest BCUT2D eigenvalue weighted by atomic mass is 9.91. The van der Waals surface area contributed by atoms with E-state index in [-0.39, 0.29) is 5.41 Å². The molecule has 0 N–H and O–H groups in total. The zero-order valence-electron chi connectivity index (χ0n) is 13.1. The number of aromatic nitrogens is 3. The van der Waals surface area contributed by atoms with Gasteiger partial charge >= 0.3 is 0 Å². The zero-order valence-corrected chi connectivity index (χ0v) is 13.1. The van der Waals surface area contributed by atoms with Crippen molar-refractivity contribution in [3.8, 4) is 0 Å². The van der Waals surface area contributed by atoms with E-state index < -0.39 is 11.6 Å². The van der Waals surface area contributed by atoms with Gasteiger partial charge in [0.2, 0.25) is 0 Å². The van der Waals surface area contributed by atoms with Crippen molar-refractivity contribution in [2.24, 2.45) is 0 Å². The van der Waals surface area contributed by atoms with Crippen LogP contribution in [0.15, 0.2) is 36.5 Å². The Morgan fingerprint density at radius 1 is 0.913 bits per heavy atom. The van der Waals surface area contributed by atoms with Gasteiger partial charge in [-0.3, -0.25) is 9.38 Å². The van der Waals surface area contributed by atoms with E-state index in [2.05, 4.69) is 25.8 Å². The van der Waals surface area contributed by atoms with Crippen molar-refractivity contribution < 1.29 is 8.78 Å². The molecule has 4 rings (SSSR count). The smallest absolute Gasteiger partial charge is 0.161 e. The maximum atomic E-state index is 13.5. The van der Waals surface area contributed by atoms with Crippen LogP contribution in [0.2, 0.25) is 0 Å². The van der Waals surface area contributed by atoms with Gasteiger partial charge in [-0.05, 0) is 18.2 Å². The largest absolute Gasteiger partial charge is 0.299 e. The average Bonchev–Trinajstić information content (AvgIpc) is 2.84. The molecule has 3 aromatic heterocycles. The van der Waals surface area contributed by atoms with Gasteiger partial charge in [0.15, 0.2) is 11.6 Å². The Labute approximate surface area is 131 Å². The number of halogens is 2. The summed E-state index contributed by atoms with van der Waals surface area (Å²) in [7, 11) is 0. The SMILES string of the molecule is CC(C)(C)c1ccc2c(ccn3c4cc(F)c(F)cc4nc23)n1. The van der Waals surface area contributed by atoms with Crippen molar-refractivity contribution in [3.63, 3.8) is 0 Å². The molecule has 23 heavy (non-hydrogen) atoms. The van der Waals surface area contributed by atoms with Gasteiger partial charge in [-0.2, -0.15) is 0 Å². The predicted molar refractivity (Wildman–Crippen MR) is 86.6 cm³/mol. The maximum absolute atomic E-state index is 13.5. The van der Waals surface area contributed by atoms with E-state index in [1.165, 1.54) is 6.07 Å². The number of fused-ring (bicyclic) bond motifs is 5. The number of imidazole rings is 1. The lowest BCUT2D eigenvalue weighted by molar-refractivity contribution is 0.510. The van der Waals surface area contributed by atoms with Crippen LogP contribution in [0.3, 0.4) is 0 Å². The Morgan fingerprint density at radius 3 is 2.39 bits per heavy atom. The highest BCUT2D eigenvalue weighted by Gasteiger charge is 2.17. The van der Waals surface area contributed by atoms with Gasteiger partial charge in [-0.25, -0.2) is 13.8 Å². The summed E-state index contributed by atoms with van der Waals surface area (Å²) >= 11 is 0. The Morgan fingerprint density at radius 2 is 1.65 bits per heavy atom. The summed E-state index contributed by atoms with van der Waals surface area (Å²) in [4.78, 5) is 9.15. The molecule has 3 nitrogen and oxygen atoms in total. The predicted octanol–water partition coefficient (Wildman–Crippen LogP) is 4.61. The van der Waals surface area contributed by atoms with Crippen molar-refractivity contribution in [2.75, 3.05) is 0 Å². The van der Waals surface area contributed by atoms with Crippen molar-refractivity contribution in [1.29, 1.82) is 0 Å². The standard InChI is InChI=1S/C18H15F2N3/c1-18(2,3)16-5-4-10-13(21-16)6-7-23-15-9-12(20)11(19)8-14(15)22-17(10)23/h4-9H,1-3H3. The fraction of sp³-hybridized carbons (Fsp3) is 0.222. The second-order valence-electron chi connectivity index (χ2n) is 6.76. The number of benzene rings is 1. The Bertz CT molecular complexity index is 1070. The maximum Gasteiger partial charge on any atom is 0.161 e. The van der Waals surface area contributed by atoms with Crippen LogP contribution in [0.25, 0.3) is 27.6 Å². The Hall–Kier alpha value is -2.56. The first-order chi connectivity index (χ1) is 10.8. The summed E-state index contributed by atoms with van der Waals surface area (Å²) in [5.74, 6) is -1.76. The van der Waals surface area contributed by atoms with Crippen LogP contribution < -0.4 is 0 Å². The van der Waals surface area contributed by atoms with E-state index in [1.807, 2.05) is 18.2 Å². The number of nitrogens with zero attached hydrogens (tertiary/aromatic N) is 3. The molecule has 0 unspecified atom stereocenters. The molecule has 0 radical (unpaired) electrons. The van der Waals surface area contributed by atoms with Crippen LogP contribution in [0, 0.1) is 11.6 Å². The van der Waals surface area contributed by atoms with Crippen molar-refractivity contribution >= 4 is 27.6 Å². The Kier molecular flexibility index (Phi) is 2.73. The molecule has 116 valence electrons. The van der Waals surface area contributed by atoms with E-state index >= 15 is 0 Å². The molecule has 0 amide bonds. The molecule has 4 aromatic rings. The highest BCUT2D eigenvalue weighted by atomic mass is 19.2. The van der Waals surface area contributed by atoms with E-state index in [9.17, 15) is 8.78 Å². The molecule has 0 atom stereocenters. The molecular formula is C18H15F2N3. The van der Waals surface area contributed by atoms with Crippen LogP contribution in [0.1, 0.15) is 26.5 Å². The minimum absolute atomic E-state index is 0.0489. The summed E-state index contributed by atoms with van der Waals surface area (Å²) in [6.45, 7) is 6.32. The minimum atomic E-state index is -0.890. The van der Waals surface area contributed by atoms with Crippen molar-refractivity contribution in [1.82, 2.24) is 14.4 Å². The Balaban J connectivity index is 2.09. The zero-order chi connectivity index (χ0) is 16.4. The normalized spacial score (nSPS) is 12.6. The van der Waals surface area contributed by atoms with Gasteiger partial charge in [-0.1, -0.05) is 20.8 Å². The van der Waals surface area contributed by atoms with Gasteiger partial charge in [-0.15, -0.1) is 0 Å². The van der Waals surface area contributed by atoms with Crippen molar-refractivity contribution in [2.45, 2.75) is 26.2 Å². The molecule has 0 aliphatic rings. The third-order valence-corrected chi connectivity index (χ3v) is 4.05. The summed E-state index contributed by atoms with van der Waals surface area (Å²) in [6.07, 6.45) is 1.80. The fourth-order valence-corrected chi connectivity index (χ4v) is 2.79. The van der Waals surface area contributed by atoms with Crippen molar-refractivity contribution in [3.05, 3.63) is 53.9 Å². The van der Waals surface area contributed by atoms with Gasteiger partial charge < -0.3 is 0 Å². The van der Waals surface area contributed by atoms with Crippen LogP contribution in [0.4, 0.5) is 8.78 Å². The lowest BCUT2D eigenvalue weighted by Crippen LogP contribution is -2.13. The summed E-state index contributed by atoms with van der Waals surface area (Å²) in [5, 5.41) is 0.859. The lowest BCUT2D eigenvalue weighted by Gasteiger charge is -2.18. The third kappa shape index (κ3) is 2.07. The number of hydrogen-bond donors (Lipinski definition) is 0. The van der Waals surface area contributed by atoms with E-state index in [4.69, 9.17) is 4.98 Å². The average molecular weight is 311 g/mol. The van der Waals surface area contributed by atoms with Gasteiger partial charge in [0.05, 0.1) is 16.6 Å². The first kappa shape index (κ1) is 14.1. The topological polar surface area (TPSA) is 30.2 Å². The highest BCUT2D eigenvalue weighted by molar-refractivity contribution is 5.96. The summed E-state index contributed by atoms with van der Waals surface area (Å²) < 4.78 is 28.7.